The third-order valence-corrected chi connectivity index (χ3v) is 9.53. The van der Waals surface area contributed by atoms with Crippen molar-refractivity contribution in [1.29, 1.82) is 0 Å². The molecule has 1 saturated heterocycles. The van der Waals surface area contributed by atoms with Crippen molar-refractivity contribution in [3.05, 3.63) is 62.5 Å². The predicted octanol–water partition coefficient (Wildman–Crippen LogP) is 4.26. The van der Waals surface area contributed by atoms with Crippen LogP contribution in [0.25, 0.3) is 0 Å². The van der Waals surface area contributed by atoms with Gasteiger partial charge in [0.25, 0.3) is 0 Å². The maximum atomic E-state index is 13.8. The number of hydrogen-bond acceptors (Lipinski definition) is 6. The maximum absolute atomic E-state index is 13.8. The summed E-state index contributed by atoms with van der Waals surface area (Å²) in [5, 5.41) is 2.62. The van der Waals surface area contributed by atoms with Crippen LogP contribution >= 0.6 is 22.9 Å². The van der Waals surface area contributed by atoms with E-state index in [0.29, 0.717) is 43.1 Å². The summed E-state index contributed by atoms with van der Waals surface area (Å²) in [6, 6.07) is 3.53. The van der Waals surface area contributed by atoms with E-state index < -0.39 is 21.9 Å². The Balaban J connectivity index is 1.46. The molecule has 0 amide bonds. The van der Waals surface area contributed by atoms with Gasteiger partial charge in [0.1, 0.15) is 11.9 Å². The molecular weight excluding hydrogens is 495 g/mol. The van der Waals surface area contributed by atoms with Gasteiger partial charge in [-0.15, -0.1) is 11.3 Å². The van der Waals surface area contributed by atoms with Crippen LogP contribution < -0.4 is 4.72 Å². The molecule has 0 bridgehead atoms. The number of nitrogens with zero attached hydrogens (tertiary/aromatic N) is 3. The van der Waals surface area contributed by atoms with E-state index >= 15 is 0 Å². The molecule has 1 aromatic carbocycles. The number of rotatable bonds is 5. The molecule has 10 heteroatoms. The Morgan fingerprint density at radius 3 is 2.74 bits per heavy atom. The van der Waals surface area contributed by atoms with Crippen LogP contribution in [0.15, 0.2) is 46.0 Å². The van der Waals surface area contributed by atoms with Crippen molar-refractivity contribution < 1.29 is 12.8 Å². The number of sulfonamides is 1. The van der Waals surface area contributed by atoms with Gasteiger partial charge in [0.05, 0.1) is 10.8 Å². The fourth-order valence-corrected chi connectivity index (χ4v) is 6.89. The topological polar surface area (TPSA) is 74.7 Å². The van der Waals surface area contributed by atoms with E-state index in [1.165, 1.54) is 23.5 Å². The quantitative estimate of drug-likeness (QED) is 0.602. The molecule has 0 radical (unpaired) electrons. The Bertz CT molecular complexity index is 1370. The van der Waals surface area contributed by atoms with Gasteiger partial charge in [-0.1, -0.05) is 29.5 Å². The second-order valence-corrected chi connectivity index (χ2v) is 12.4. The number of nitrogens with one attached hydrogen (secondary N) is 1. The van der Waals surface area contributed by atoms with Crippen molar-refractivity contribution in [3.8, 4) is 11.8 Å². The van der Waals surface area contributed by atoms with E-state index in [9.17, 15) is 12.8 Å². The molecule has 34 heavy (non-hydrogen) atoms. The Labute approximate surface area is 207 Å². The van der Waals surface area contributed by atoms with Gasteiger partial charge in [0.15, 0.2) is 10.8 Å². The number of aromatic nitrogens is 1. The standard InChI is InChI=1S/C24H22ClFN4O2S2/c25-20-11-15(26)4-8-18(20)22-19(7-3-14-1-2-14)21-12-16(29-34(31,32)17-5-6-17)13-30(21)23(28-22)24-27-9-10-33-24/h4,8-11,14,16-17,22,29H,1-2,5-6,12-13H2/t16?,22-/m1/s1. The number of amidine groups is 1. The second kappa shape index (κ2) is 8.45. The highest BCUT2D eigenvalue weighted by Crippen LogP contribution is 2.42. The number of benzene rings is 1. The van der Waals surface area contributed by atoms with Crippen molar-refractivity contribution in [1.82, 2.24) is 14.6 Å². The lowest BCUT2D eigenvalue weighted by atomic mass is 9.94. The number of aliphatic imine (C=N–C) groups is 1. The smallest absolute Gasteiger partial charge is 0.214 e. The molecule has 176 valence electrons. The number of fused-ring (bicyclic) bond motifs is 1. The molecule has 2 aliphatic heterocycles. The molecule has 3 heterocycles. The minimum absolute atomic E-state index is 0.286. The third-order valence-electron chi connectivity index (χ3n) is 6.42. The number of thiazole rings is 1. The van der Waals surface area contributed by atoms with Crippen LogP contribution in [-0.4, -0.2) is 42.0 Å². The zero-order chi connectivity index (χ0) is 23.4. The monoisotopic (exact) mass is 516 g/mol. The first-order chi connectivity index (χ1) is 16.4. The average Bonchev–Trinajstić information content (AvgIpc) is 3.71. The summed E-state index contributed by atoms with van der Waals surface area (Å²) in [6.07, 6.45) is 5.81. The molecule has 6 nitrogen and oxygen atoms in total. The van der Waals surface area contributed by atoms with Crippen LogP contribution in [0.5, 0.6) is 0 Å². The molecular formula is C24H22ClFN4O2S2. The van der Waals surface area contributed by atoms with Gasteiger partial charge in [0.2, 0.25) is 10.0 Å². The lowest BCUT2D eigenvalue weighted by Crippen LogP contribution is -2.40. The summed E-state index contributed by atoms with van der Waals surface area (Å²) in [6.45, 7) is 0.457. The summed E-state index contributed by atoms with van der Waals surface area (Å²) >= 11 is 7.95. The molecule has 1 N–H and O–H groups in total. The molecule has 2 aromatic rings. The molecule has 1 unspecified atom stereocenters. The molecule has 4 aliphatic rings. The van der Waals surface area contributed by atoms with Crippen molar-refractivity contribution in [2.75, 3.05) is 6.54 Å². The van der Waals surface area contributed by atoms with Crippen LogP contribution in [0.3, 0.4) is 0 Å². The fourth-order valence-electron chi connectivity index (χ4n) is 4.41. The average molecular weight is 517 g/mol. The lowest BCUT2D eigenvalue weighted by Gasteiger charge is -2.31. The molecule has 2 atom stereocenters. The SMILES string of the molecule is O=S(=O)(NC1CC2=C(C#CC3CC3)[C@@H](c3ccc(F)cc3Cl)N=C(c3nccs3)N2C1)C1CC1. The highest BCUT2D eigenvalue weighted by Gasteiger charge is 2.43. The van der Waals surface area contributed by atoms with Crippen LogP contribution in [0.1, 0.15) is 48.7 Å². The molecule has 0 spiro atoms. The molecule has 3 fully saturated rings. The first-order valence-corrected chi connectivity index (χ1v) is 14.2. The van der Waals surface area contributed by atoms with Crippen molar-refractivity contribution in [2.24, 2.45) is 10.9 Å². The Morgan fingerprint density at radius 1 is 1.24 bits per heavy atom. The maximum Gasteiger partial charge on any atom is 0.214 e. The molecule has 1 aromatic heterocycles. The first kappa shape index (κ1) is 22.2. The van der Waals surface area contributed by atoms with Gasteiger partial charge in [-0.25, -0.2) is 22.5 Å². The summed E-state index contributed by atoms with van der Waals surface area (Å²) in [7, 11) is -3.35. The minimum atomic E-state index is -3.35. The zero-order valence-electron chi connectivity index (χ0n) is 18.2. The van der Waals surface area contributed by atoms with Gasteiger partial charge >= 0.3 is 0 Å². The first-order valence-electron chi connectivity index (χ1n) is 11.3. The van der Waals surface area contributed by atoms with Gasteiger partial charge < -0.3 is 4.90 Å². The van der Waals surface area contributed by atoms with E-state index in [0.717, 1.165) is 29.1 Å². The van der Waals surface area contributed by atoms with Gasteiger partial charge in [-0.2, -0.15) is 0 Å². The van der Waals surface area contributed by atoms with Crippen LogP contribution in [0, 0.1) is 23.6 Å². The highest BCUT2D eigenvalue weighted by atomic mass is 35.5. The van der Waals surface area contributed by atoms with Crippen molar-refractivity contribution >= 4 is 38.8 Å². The number of halogens is 2. The van der Waals surface area contributed by atoms with Gasteiger partial charge in [0, 0.05) is 52.8 Å². The van der Waals surface area contributed by atoms with Gasteiger partial charge in [-0.05, 0) is 37.8 Å². The molecule has 2 aliphatic carbocycles. The van der Waals surface area contributed by atoms with Gasteiger partial charge in [-0.3, -0.25) is 4.99 Å². The Kier molecular flexibility index (Phi) is 5.52. The predicted molar refractivity (Wildman–Crippen MR) is 131 cm³/mol. The highest BCUT2D eigenvalue weighted by molar-refractivity contribution is 7.90. The summed E-state index contributed by atoms with van der Waals surface area (Å²) < 4.78 is 42.1. The minimum Gasteiger partial charge on any atom is -0.325 e. The van der Waals surface area contributed by atoms with E-state index in [-0.39, 0.29) is 16.3 Å². The lowest BCUT2D eigenvalue weighted by molar-refractivity contribution is 0.513. The van der Waals surface area contributed by atoms with Crippen LogP contribution in [-0.2, 0) is 10.0 Å². The van der Waals surface area contributed by atoms with Crippen LogP contribution in [0.2, 0.25) is 5.02 Å². The molecule has 2 saturated carbocycles. The summed E-state index contributed by atoms with van der Waals surface area (Å²) in [4.78, 5) is 11.5. The Hall–Kier alpha value is -2.25. The zero-order valence-corrected chi connectivity index (χ0v) is 20.6. The third kappa shape index (κ3) is 4.29. The van der Waals surface area contributed by atoms with E-state index in [2.05, 4.69) is 21.5 Å². The summed E-state index contributed by atoms with van der Waals surface area (Å²) in [5.41, 5.74) is 2.41. The number of hydrogen-bond donors (Lipinski definition) is 1. The summed E-state index contributed by atoms with van der Waals surface area (Å²) in [5.74, 6) is 7.33. The van der Waals surface area contributed by atoms with Crippen molar-refractivity contribution in [3.63, 3.8) is 0 Å². The van der Waals surface area contributed by atoms with Crippen LogP contribution in [0.4, 0.5) is 4.39 Å². The van der Waals surface area contributed by atoms with E-state index in [1.54, 1.807) is 12.3 Å². The van der Waals surface area contributed by atoms with E-state index in [1.807, 2.05) is 10.3 Å². The van der Waals surface area contributed by atoms with Crippen molar-refractivity contribution in [2.45, 2.75) is 49.4 Å². The van der Waals surface area contributed by atoms with E-state index in [4.69, 9.17) is 16.6 Å². The largest absolute Gasteiger partial charge is 0.325 e. The normalized spacial score (nSPS) is 24.5. The molecule has 6 rings (SSSR count). The second-order valence-electron chi connectivity index (χ2n) is 9.14. The Morgan fingerprint density at radius 2 is 2.06 bits per heavy atom. The fraction of sp³-hybridized carbons (Fsp3) is 0.417.